The Hall–Kier alpha value is -3.93. The molecule has 0 atom stereocenters. The summed E-state index contributed by atoms with van der Waals surface area (Å²) < 4.78 is 0. The highest BCUT2D eigenvalue weighted by atomic mass is 16.1. The summed E-state index contributed by atoms with van der Waals surface area (Å²) in [6.07, 6.45) is 1.76. The van der Waals surface area contributed by atoms with Crippen molar-refractivity contribution in [3.63, 3.8) is 0 Å². The van der Waals surface area contributed by atoms with E-state index in [1.54, 1.807) is 18.3 Å². The van der Waals surface area contributed by atoms with Crippen LogP contribution in [-0.2, 0) is 0 Å². The number of carbonyl (C=O) groups excluding carboxylic acids is 1. The largest absolute Gasteiger partial charge is 0.383 e. The number of para-hydroxylation sites is 1. The van der Waals surface area contributed by atoms with E-state index in [0.717, 1.165) is 23.1 Å². The molecule has 0 saturated carbocycles. The van der Waals surface area contributed by atoms with Crippen molar-refractivity contribution < 1.29 is 4.79 Å². The first kappa shape index (κ1) is 18.4. The van der Waals surface area contributed by atoms with E-state index >= 15 is 0 Å². The zero-order valence-corrected chi connectivity index (χ0v) is 15.8. The van der Waals surface area contributed by atoms with Crippen molar-refractivity contribution in [1.82, 2.24) is 9.97 Å². The normalized spacial score (nSPS) is 10.5. The van der Waals surface area contributed by atoms with Crippen LogP contribution in [0.2, 0.25) is 0 Å². The quantitative estimate of drug-likeness (QED) is 0.412. The molecule has 1 aromatic heterocycles. The molecule has 0 fully saturated rings. The molecule has 0 aliphatic carbocycles. The van der Waals surface area contributed by atoms with Crippen LogP contribution in [0.1, 0.15) is 10.4 Å². The molecular weight excluding hydrogens is 362 g/mol. The second kappa shape index (κ2) is 8.84. The molecule has 0 spiro atoms. The first-order valence-electron chi connectivity index (χ1n) is 9.44. The van der Waals surface area contributed by atoms with E-state index in [1.165, 1.54) is 0 Å². The third-order valence-corrected chi connectivity index (χ3v) is 4.38. The third kappa shape index (κ3) is 4.87. The number of hydrogen-bond acceptors (Lipinski definition) is 5. The van der Waals surface area contributed by atoms with Gasteiger partial charge in [-0.1, -0.05) is 36.4 Å². The van der Waals surface area contributed by atoms with Crippen LogP contribution in [0.4, 0.5) is 17.3 Å². The van der Waals surface area contributed by atoms with Crippen molar-refractivity contribution >= 4 is 34.1 Å². The highest BCUT2D eigenvalue weighted by molar-refractivity contribution is 6.05. The first-order valence-corrected chi connectivity index (χ1v) is 9.44. The summed E-state index contributed by atoms with van der Waals surface area (Å²) in [7, 11) is 0. The highest BCUT2D eigenvalue weighted by Crippen LogP contribution is 2.19. The molecule has 0 aliphatic rings. The lowest BCUT2D eigenvalue weighted by Crippen LogP contribution is -2.15. The summed E-state index contributed by atoms with van der Waals surface area (Å²) >= 11 is 0. The third-order valence-electron chi connectivity index (χ3n) is 4.38. The second-order valence-corrected chi connectivity index (χ2v) is 6.51. The van der Waals surface area contributed by atoms with E-state index in [4.69, 9.17) is 0 Å². The fourth-order valence-corrected chi connectivity index (χ4v) is 2.93. The van der Waals surface area contributed by atoms with E-state index in [2.05, 4.69) is 25.9 Å². The van der Waals surface area contributed by atoms with E-state index in [9.17, 15) is 4.79 Å². The van der Waals surface area contributed by atoms with Gasteiger partial charge in [0.1, 0.15) is 0 Å². The second-order valence-electron chi connectivity index (χ2n) is 6.51. The maximum absolute atomic E-state index is 12.3. The Morgan fingerprint density at radius 3 is 2.31 bits per heavy atom. The van der Waals surface area contributed by atoms with Gasteiger partial charge in [-0.15, -0.1) is 0 Å². The van der Waals surface area contributed by atoms with Crippen LogP contribution in [0.25, 0.3) is 10.9 Å². The lowest BCUT2D eigenvalue weighted by Gasteiger charge is -2.09. The Bertz CT molecular complexity index is 1100. The lowest BCUT2D eigenvalue weighted by atomic mass is 10.2. The van der Waals surface area contributed by atoms with Gasteiger partial charge in [0.2, 0.25) is 5.95 Å². The lowest BCUT2D eigenvalue weighted by molar-refractivity contribution is 0.102. The molecule has 4 rings (SSSR count). The van der Waals surface area contributed by atoms with Crippen molar-refractivity contribution in [2.24, 2.45) is 0 Å². The Morgan fingerprint density at radius 2 is 1.52 bits per heavy atom. The summed E-state index contributed by atoms with van der Waals surface area (Å²) in [5.41, 5.74) is 3.23. The summed E-state index contributed by atoms with van der Waals surface area (Å²) in [5, 5.41) is 10.3. The fraction of sp³-hybridized carbons (Fsp3) is 0.0870. The number of anilines is 3. The smallest absolute Gasteiger partial charge is 0.255 e. The van der Waals surface area contributed by atoms with E-state index < -0.39 is 0 Å². The molecule has 1 amide bonds. The van der Waals surface area contributed by atoms with Crippen LogP contribution < -0.4 is 16.0 Å². The molecule has 0 bridgehead atoms. The van der Waals surface area contributed by atoms with Crippen LogP contribution in [0, 0.1) is 0 Å². The molecule has 6 nitrogen and oxygen atoms in total. The summed E-state index contributed by atoms with van der Waals surface area (Å²) in [5.74, 6) is 0.434. The average molecular weight is 383 g/mol. The van der Waals surface area contributed by atoms with Crippen molar-refractivity contribution in [1.29, 1.82) is 0 Å². The maximum Gasteiger partial charge on any atom is 0.255 e. The van der Waals surface area contributed by atoms with Crippen molar-refractivity contribution in [3.8, 4) is 0 Å². The van der Waals surface area contributed by atoms with Gasteiger partial charge in [-0.3, -0.25) is 4.79 Å². The van der Waals surface area contributed by atoms with Crippen LogP contribution >= 0.6 is 0 Å². The minimum absolute atomic E-state index is 0.143. The SMILES string of the molecule is O=C(Nc1ccc2nc(NCCNc3ccccc3)ncc2c1)c1ccccc1. The molecule has 4 aromatic rings. The van der Waals surface area contributed by atoms with Crippen molar-refractivity contribution in [2.75, 3.05) is 29.0 Å². The van der Waals surface area contributed by atoms with Crippen molar-refractivity contribution in [3.05, 3.63) is 90.6 Å². The number of carbonyl (C=O) groups is 1. The predicted molar refractivity (Wildman–Crippen MR) is 117 cm³/mol. The number of amides is 1. The Balaban J connectivity index is 1.36. The Kier molecular flexibility index (Phi) is 5.62. The first-order chi connectivity index (χ1) is 14.3. The molecule has 29 heavy (non-hydrogen) atoms. The molecule has 0 saturated heterocycles. The molecule has 0 unspecified atom stereocenters. The van der Waals surface area contributed by atoms with Gasteiger partial charge in [-0.2, -0.15) is 0 Å². The number of nitrogens with zero attached hydrogens (tertiary/aromatic N) is 2. The average Bonchev–Trinajstić information content (AvgIpc) is 2.78. The number of hydrogen-bond donors (Lipinski definition) is 3. The number of benzene rings is 3. The molecule has 3 N–H and O–H groups in total. The zero-order valence-electron chi connectivity index (χ0n) is 15.8. The summed E-state index contributed by atoms with van der Waals surface area (Å²) in [6.45, 7) is 1.46. The number of fused-ring (bicyclic) bond motifs is 1. The number of aromatic nitrogens is 2. The van der Waals surface area contributed by atoms with Gasteiger partial charge in [-0.05, 0) is 42.5 Å². The predicted octanol–water partition coefficient (Wildman–Crippen LogP) is 4.41. The molecule has 0 radical (unpaired) electrons. The minimum atomic E-state index is -0.143. The molecule has 1 heterocycles. The topological polar surface area (TPSA) is 78.9 Å². The summed E-state index contributed by atoms with van der Waals surface area (Å²) in [6, 6.07) is 24.8. The molecule has 0 aliphatic heterocycles. The van der Waals surface area contributed by atoms with Gasteiger partial charge < -0.3 is 16.0 Å². The van der Waals surface area contributed by atoms with E-state index in [-0.39, 0.29) is 5.91 Å². The number of rotatable bonds is 7. The molecule has 3 aromatic carbocycles. The van der Waals surface area contributed by atoms with Gasteiger partial charge in [0.25, 0.3) is 5.91 Å². The van der Waals surface area contributed by atoms with Gasteiger partial charge in [0, 0.05) is 41.6 Å². The monoisotopic (exact) mass is 383 g/mol. The van der Waals surface area contributed by atoms with Crippen LogP contribution in [-0.4, -0.2) is 29.0 Å². The minimum Gasteiger partial charge on any atom is -0.383 e. The maximum atomic E-state index is 12.3. The van der Waals surface area contributed by atoms with E-state index in [0.29, 0.717) is 23.7 Å². The van der Waals surface area contributed by atoms with Crippen LogP contribution in [0.3, 0.4) is 0 Å². The van der Waals surface area contributed by atoms with Gasteiger partial charge >= 0.3 is 0 Å². The van der Waals surface area contributed by atoms with Gasteiger partial charge in [0.15, 0.2) is 0 Å². The molecule has 6 heteroatoms. The van der Waals surface area contributed by atoms with E-state index in [1.807, 2.05) is 66.7 Å². The highest BCUT2D eigenvalue weighted by Gasteiger charge is 2.06. The standard InChI is InChI=1S/C23H21N5O/c29-22(17-7-3-1-4-8-17)27-20-11-12-21-18(15-20)16-26-23(28-21)25-14-13-24-19-9-5-2-6-10-19/h1-12,15-16,24H,13-14H2,(H,27,29)(H,25,26,28). The molecule has 144 valence electrons. The Morgan fingerprint density at radius 1 is 0.793 bits per heavy atom. The van der Waals surface area contributed by atoms with Gasteiger partial charge in [-0.25, -0.2) is 9.97 Å². The van der Waals surface area contributed by atoms with Gasteiger partial charge in [0.05, 0.1) is 5.52 Å². The Labute approximate surface area is 169 Å². The number of nitrogens with one attached hydrogen (secondary N) is 3. The zero-order chi connectivity index (χ0) is 19.9. The summed E-state index contributed by atoms with van der Waals surface area (Å²) in [4.78, 5) is 21.2. The van der Waals surface area contributed by atoms with Crippen LogP contribution in [0.5, 0.6) is 0 Å². The van der Waals surface area contributed by atoms with Crippen LogP contribution in [0.15, 0.2) is 85.1 Å². The fourth-order valence-electron chi connectivity index (χ4n) is 2.93. The van der Waals surface area contributed by atoms with Crippen molar-refractivity contribution in [2.45, 2.75) is 0 Å². The molecular formula is C23H21N5O.